The second-order valence-electron chi connectivity index (χ2n) is 7.78. The molecule has 3 aliphatic heterocycles. The van der Waals surface area contributed by atoms with Crippen LogP contribution in [-0.2, 0) is 4.74 Å². The zero-order valence-corrected chi connectivity index (χ0v) is 14.6. The molecule has 0 radical (unpaired) electrons. The molecule has 0 N–H and O–H groups in total. The second-order valence-corrected chi connectivity index (χ2v) is 7.78. The number of likely N-dealkylation sites (tertiary alicyclic amines) is 2. The smallest absolute Gasteiger partial charge is 0.253 e. The van der Waals surface area contributed by atoms with Crippen LogP contribution in [0.5, 0.6) is 0 Å². The lowest BCUT2D eigenvalue weighted by Gasteiger charge is -2.35. The average molecular weight is 328 g/mol. The van der Waals surface area contributed by atoms with Crippen LogP contribution in [0.15, 0.2) is 24.3 Å². The fourth-order valence-electron chi connectivity index (χ4n) is 4.53. The Morgan fingerprint density at radius 2 is 1.92 bits per heavy atom. The lowest BCUT2D eigenvalue weighted by Crippen LogP contribution is -2.43. The van der Waals surface area contributed by atoms with E-state index in [0.29, 0.717) is 17.9 Å². The normalized spacial score (nSPS) is 30.5. The van der Waals surface area contributed by atoms with Gasteiger partial charge >= 0.3 is 0 Å². The van der Waals surface area contributed by atoms with Gasteiger partial charge in [0, 0.05) is 38.3 Å². The molecule has 4 rings (SSSR count). The molecule has 4 nitrogen and oxygen atoms in total. The van der Waals surface area contributed by atoms with E-state index in [2.05, 4.69) is 16.7 Å². The van der Waals surface area contributed by atoms with Crippen molar-refractivity contribution in [3.63, 3.8) is 0 Å². The molecule has 0 saturated carbocycles. The number of rotatable bonds is 3. The van der Waals surface area contributed by atoms with Gasteiger partial charge in [-0.15, -0.1) is 0 Å². The van der Waals surface area contributed by atoms with E-state index in [9.17, 15) is 4.79 Å². The summed E-state index contributed by atoms with van der Waals surface area (Å²) in [6, 6.07) is 7.98. The summed E-state index contributed by atoms with van der Waals surface area (Å²) in [6.07, 6.45) is 4.08. The molecule has 3 heterocycles. The van der Waals surface area contributed by atoms with Crippen LogP contribution in [0.1, 0.15) is 35.2 Å². The maximum Gasteiger partial charge on any atom is 0.253 e. The summed E-state index contributed by atoms with van der Waals surface area (Å²) in [5, 5.41) is 0. The van der Waals surface area contributed by atoms with Crippen LogP contribution in [0.2, 0.25) is 0 Å². The monoisotopic (exact) mass is 328 g/mol. The zero-order chi connectivity index (χ0) is 16.5. The van der Waals surface area contributed by atoms with Gasteiger partial charge < -0.3 is 14.5 Å². The van der Waals surface area contributed by atoms with E-state index in [1.54, 1.807) is 0 Å². The Morgan fingerprint density at radius 3 is 2.67 bits per heavy atom. The minimum absolute atomic E-state index is 0.204. The maximum absolute atomic E-state index is 12.8. The summed E-state index contributed by atoms with van der Waals surface area (Å²) < 4.78 is 5.79. The van der Waals surface area contributed by atoms with Crippen molar-refractivity contribution in [3.8, 4) is 0 Å². The Kier molecular flexibility index (Phi) is 4.59. The van der Waals surface area contributed by atoms with Crippen molar-refractivity contribution >= 4 is 5.91 Å². The Labute approximate surface area is 144 Å². The van der Waals surface area contributed by atoms with Gasteiger partial charge in [-0.3, -0.25) is 4.79 Å². The van der Waals surface area contributed by atoms with Crippen molar-refractivity contribution in [3.05, 3.63) is 35.4 Å². The van der Waals surface area contributed by atoms with Gasteiger partial charge in [0.1, 0.15) is 0 Å². The van der Waals surface area contributed by atoms with E-state index >= 15 is 0 Å². The van der Waals surface area contributed by atoms with Gasteiger partial charge in [0.25, 0.3) is 5.91 Å². The Balaban J connectivity index is 1.35. The van der Waals surface area contributed by atoms with Gasteiger partial charge in [0.15, 0.2) is 0 Å². The van der Waals surface area contributed by atoms with Crippen LogP contribution in [0, 0.1) is 18.8 Å². The quantitative estimate of drug-likeness (QED) is 0.855. The number of aryl methyl sites for hydroxylation is 1. The molecule has 1 amide bonds. The van der Waals surface area contributed by atoms with E-state index < -0.39 is 0 Å². The summed E-state index contributed by atoms with van der Waals surface area (Å²) in [5.41, 5.74) is 2.03. The number of hydrogen-bond donors (Lipinski definition) is 0. The highest BCUT2D eigenvalue weighted by molar-refractivity contribution is 5.94. The molecule has 0 spiro atoms. The Morgan fingerprint density at radius 1 is 1.12 bits per heavy atom. The highest BCUT2D eigenvalue weighted by atomic mass is 16.5. The van der Waals surface area contributed by atoms with E-state index in [4.69, 9.17) is 4.74 Å². The summed E-state index contributed by atoms with van der Waals surface area (Å²) in [4.78, 5) is 17.4. The molecule has 3 fully saturated rings. The molecule has 4 heteroatoms. The van der Waals surface area contributed by atoms with Crippen LogP contribution in [0.4, 0.5) is 0 Å². The summed E-state index contributed by atoms with van der Waals surface area (Å²) in [6.45, 7) is 8.21. The maximum atomic E-state index is 12.8. The summed E-state index contributed by atoms with van der Waals surface area (Å²) in [7, 11) is 0. The lowest BCUT2D eigenvalue weighted by atomic mass is 9.88. The molecule has 24 heavy (non-hydrogen) atoms. The number of amides is 1. The van der Waals surface area contributed by atoms with Crippen LogP contribution < -0.4 is 0 Å². The molecule has 3 atom stereocenters. The Hall–Kier alpha value is -1.39. The van der Waals surface area contributed by atoms with Gasteiger partial charge in [-0.25, -0.2) is 0 Å². The van der Waals surface area contributed by atoms with E-state index in [1.165, 1.54) is 24.8 Å². The van der Waals surface area contributed by atoms with Gasteiger partial charge in [0.2, 0.25) is 0 Å². The minimum atomic E-state index is 0.204. The fourth-order valence-corrected chi connectivity index (χ4v) is 4.53. The number of nitrogens with zero attached hydrogens (tertiary/aromatic N) is 2. The van der Waals surface area contributed by atoms with Gasteiger partial charge in [-0.2, -0.15) is 0 Å². The number of ether oxygens (including phenoxy) is 1. The minimum Gasteiger partial charge on any atom is -0.377 e. The van der Waals surface area contributed by atoms with Crippen molar-refractivity contribution < 1.29 is 9.53 Å². The predicted octanol–water partition coefficient (Wildman–Crippen LogP) is 2.57. The first-order chi connectivity index (χ1) is 11.7. The summed E-state index contributed by atoms with van der Waals surface area (Å²) in [5.74, 6) is 1.52. The highest BCUT2D eigenvalue weighted by Crippen LogP contribution is 2.32. The largest absolute Gasteiger partial charge is 0.377 e. The number of carbonyl (C=O) groups excluding carboxylic acids is 1. The van der Waals surface area contributed by atoms with E-state index in [-0.39, 0.29) is 5.91 Å². The Bertz CT molecular complexity index is 580. The topological polar surface area (TPSA) is 32.8 Å². The molecule has 3 saturated heterocycles. The molecule has 1 aromatic rings. The number of hydrogen-bond acceptors (Lipinski definition) is 3. The third kappa shape index (κ3) is 3.35. The van der Waals surface area contributed by atoms with Crippen LogP contribution in [-0.4, -0.2) is 61.1 Å². The van der Waals surface area contributed by atoms with Crippen LogP contribution >= 0.6 is 0 Å². The number of carbonyl (C=O) groups is 1. The first kappa shape index (κ1) is 16.1. The number of piperidine rings is 1. The van der Waals surface area contributed by atoms with Crippen molar-refractivity contribution in [2.75, 3.05) is 39.3 Å². The highest BCUT2D eigenvalue weighted by Gasteiger charge is 2.39. The van der Waals surface area contributed by atoms with Crippen molar-refractivity contribution in [1.82, 2.24) is 9.80 Å². The summed E-state index contributed by atoms with van der Waals surface area (Å²) >= 11 is 0. The molecule has 130 valence electrons. The van der Waals surface area contributed by atoms with Crippen molar-refractivity contribution in [2.24, 2.45) is 11.8 Å². The predicted molar refractivity (Wildman–Crippen MR) is 94.1 cm³/mol. The van der Waals surface area contributed by atoms with Crippen molar-refractivity contribution in [1.29, 1.82) is 0 Å². The standard InChI is InChI=1S/C20H28N2O2/c1-15-4-6-16(7-5-15)20(23)22-12-17-8-9-21(11-18(17)13-22)14-19-3-2-10-24-19/h4-7,17-19H,2-3,8-14H2,1H3/t17-,18+,19+/m0/s1. The van der Waals surface area contributed by atoms with Crippen molar-refractivity contribution in [2.45, 2.75) is 32.3 Å². The lowest BCUT2D eigenvalue weighted by molar-refractivity contribution is 0.0506. The first-order valence-electron chi connectivity index (χ1n) is 9.39. The average Bonchev–Trinajstić information content (AvgIpc) is 3.24. The van der Waals surface area contributed by atoms with Gasteiger partial charge in [-0.05, 0) is 56.7 Å². The first-order valence-corrected chi connectivity index (χ1v) is 9.39. The third-order valence-corrected chi connectivity index (χ3v) is 5.96. The van der Waals surface area contributed by atoms with Crippen LogP contribution in [0.25, 0.3) is 0 Å². The SMILES string of the molecule is Cc1ccc(C(=O)N2C[C@H]3CN(C[C@H]4CCCO4)CC[C@H]3C2)cc1. The fraction of sp³-hybridized carbons (Fsp3) is 0.650. The molecule has 3 aliphatic rings. The molecule has 0 bridgehead atoms. The molecular weight excluding hydrogens is 300 g/mol. The van der Waals surface area contributed by atoms with Gasteiger partial charge in [0.05, 0.1) is 6.10 Å². The van der Waals surface area contributed by atoms with E-state index in [0.717, 1.165) is 44.9 Å². The molecule has 1 aromatic carbocycles. The number of fused-ring (bicyclic) bond motifs is 1. The van der Waals surface area contributed by atoms with Crippen LogP contribution in [0.3, 0.4) is 0 Å². The molecule has 0 aromatic heterocycles. The number of benzene rings is 1. The third-order valence-electron chi connectivity index (χ3n) is 5.96. The second kappa shape index (κ2) is 6.85. The zero-order valence-electron chi connectivity index (χ0n) is 14.6. The molecular formula is C20H28N2O2. The molecule has 0 unspecified atom stereocenters. The van der Waals surface area contributed by atoms with E-state index in [1.807, 2.05) is 24.3 Å². The molecule has 0 aliphatic carbocycles. The van der Waals surface area contributed by atoms with Gasteiger partial charge in [-0.1, -0.05) is 17.7 Å².